The van der Waals surface area contributed by atoms with Crippen molar-refractivity contribution in [3.63, 3.8) is 0 Å². The lowest BCUT2D eigenvalue weighted by molar-refractivity contribution is 0.112. The molecule has 90 valence electrons. The molecule has 0 N–H and O–H groups in total. The maximum atomic E-state index is 11.2. The quantitative estimate of drug-likeness (QED) is 0.719. The maximum absolute atomic E-state index is 11.2. The zero-order valence-electron chi connectivity index (χ0n) is 10.4. The summed E-state index contributed by atoms with van der Waals surface area (Å²) in [6.45, 7) is 0. The van der Waals surface area contributed by atoms with Gasteiger partial charge in [-0.1, -0.05) is 42.5 Å². The Bertz CT molecular complexity index is 584. The van der Waals surface area contributed by atoms with Crippen LogP contribution >= 0.6 is 0 Å². The third kappa shape index (κ3) is 1.86. The predicted molar refractivity (Wildman–Crippen MR) is 73.9 cm³/mol. The topological polar surface area (TPSA) is 17.1 Å². The molecule has 0 spiro atoms. The first-order chi connectivity index (χ1) is 8.90. The minimum atomic E-state index is 0.788. The van der Waals surface area contributed by atoms with Crippen molar-refractivity contribution in [2.24, 2.45) is 0 Å². The van der Waals surface area contributed by atoms with Crippen molar-refractivity contribution in [3.8, 4) is 11.1 Å². The van der Waals surface area contributed by atoms with Gasteiger partial charge in [-0.15, -0.1) is 0 Å². The molecule has 1 aliphatic rings. The van der Waals surface area contributed by atoms with Gasteiger partial charge >= 0.3 is 0 Å². The number of benzene rings is 2. The number of hydrogen-bond acceptors (Lipinski definition) is 1. The monoisotopic (exact) mass is 236 g/mol. The summed E-state index contributed by atoms with van der Waals surface area (Å²) >= 11 is 0. The number of carbonyl (C=O) groups excluding carboxylic acids is 1. The van der Waals surface area contributed by atoms with Gasteiger partial charge in [0.1, 0.15) is 0 Å². The highest BCUT2D eigenvalue weighted by molar-refractivity contribution is 5.88. The number of aryl methyl sites for hydroxylation is 1. The Kier molecular flexibility index (Phi) is 2.97. The first-order valence-electron chi connectivity index (χ1n) is 6.55. The van der Waals surface area contributed by atoms with Gasteiger partial charge in [-0.2, -0.15) is 0 Å². The molecule has 0 saturated heterocycles. The minimum absolute atomic E-state index is 0.788. The lowest BCUT2D eigenvalue weighted by Gasteiger charge is -2.20. The van der Waals surface area contributed by atoms with Crippen LogP contribution in [0.25, 0.3) is 11.1 Å². The van der Waals surface area contributed by atoms with Gasteiger partial charge in [0.15, 0.2) is 6.29 Å². The van der Waals surface area contributed by atoms with Gasteiger partial charge in [0, 0.05) is 5.56 Å². The summed E-state index contributed by atoms with van der Waals surface area (Å²) in [5.41, 5.74) is 6.01. The molecule has 0 atom stereocenters. The van der Waals surface area contributed by atoms with E-state index in [0.29, 0.717) is 0 Å². The summed E-state index contributed by atoms with van der Waals surface area (Å²) in [5.74, 6) is 0. The second-order valence-electron chi connectivity index (χ2n) is 4.86. The van der Waals surface area contributed by atoms with Crippen LogP contribution < -0.4 is 0 Å². The molecule has 2 aromatic rings. The molecule has 3 rings (SSSR count). The van der Waals surface area contributed by atoms with Gasteiger partial charge in [0.05, 0.1) is 0 Å². The third-order valence-corrected chi connectivity index (χ3v) is 3.77. The highest BCUT2D eigenvalue weighted by Gasteiger charge is 2.15. The van der Waals surface area contributed by atoms with E-state index < -0.39 is 0 Å². The van der Waals surface area contributed by atoms with Crippen LogP contribution in [0.1, 0.15) is 34.3 Å². The molecule has 0 bridgehead atoms. The Labute approximate surface area is 107 Å². The zero-order valence-corrected chi connectivity index (χ0v) is 10.4. The molecular formula is C17H16O. The molecule has 1 aliphatic carbocycles. The van der Waals surface area contributed by atoms with Gasteiger partial charge < -0.3 is 0 Å². The highest BCUT2D eigenvalue weighted by Crippen LogP contribution is 2.32. The number of aldehydes is 1. The molecule has 1 heteroatoms. The molecular weight excluding hydrogens is 220 g/mol. The average Bonchev–Trinajstić information content (AvgIpc) is 2.46. The van der Waals surface area contributed by atoms with Crippen molar-refractivity contribution >= 4 is 6.29 Å². The molecule has 18 heavy (non-hydrogen) atoms. The smallest absolute Gasteiger partial charge is 0.150 e. The van der Waals surface area contributed by atoms with E-state index in [1.165, 1.54) is 36.0 Å². The fourth-order valence-corrected chi connectivity index (χ4v) is 2.88. The van der Waals surface area contributed by atoms with Gasteiger partial charge in [0.25, 0.3) is 0 Å². The number of rotatable bonds is 2. The van der Waals surface area contributed by atoms with Crippen molar-refractivity contribution in [2.45, 2.75) is 25.7 Å². The molecule has 0 amide bonds. The fraction of sp³-hybridized carbons (Fsp3) is 0.235. The van der Waals surface area contributed by atoms with Gasteiger partial charge in [-0.25, -0.2) is 0 Å². The summed E-state index contributed by atoms with van der Waals surface area (Å²) < 4.78 is 0. The SMILES string of the molecule is O=Cc1ccccc1-c1cccc2c1CCCC2. The van der Waals surface area contributed by atoms with Gasteiger partial charge in [-0.3, -0.25) is 4.79 Å². The molecule has 0 radical (unpaired) electrons. The summed E-state index contributed by atoms with van der Waals surface area (Å²) in [5, 5.41) is 0. The maximum Gasteiger partial charge on any atom is 0.150 e. The molecule has 0 saturated carbocycles. The van der Waals surface area contributed by atoms with Crippen LogP contribution in [0, 0.1) is 0 Å². The van der Waals surface area contributed by atoms with Crippen LogP contribution in [-0.2, 0) is 12.8 Å². The van der Waals surface area contributed by atoms with Crippen LogP contribution in [0.5, 0.6) is 0 Å². The molecule has 0 aliphatic heterocycles. The Hall–Kier alpha value is -1.89. The molecule has 2 aromatic carbocycles. The van der Waals surface area contributed by atoms with Gasteiger partial charge in [-0.05, 0) is 47.9 Å². The Morgan fingerprint density at radius 3 is 2.50 bits per heavy atom. The lowest BCUT2D eigenvalue weighted by atomic mass is 9.85. The number of carbonyl (C=O) groups is 1. The van der Waals surface area contributed by atoms with E-state index >= 15 is 0 Å². The van der Waals surface area contributed by atoms with E-state index in [2.05, 4.69) is 18.2 Å². The van der Waals surface area contributed by atoms with Crippen LogP contribution in [0.4, 0.5) is 0 Å². The van der Waals surface area contributed by atoms with E-state index in [1.807, 2.05) is 24.3 Å². The van der Waals surface area contributed by atoms with Crippen LogP contribution in [-0.4, -0.2) is 6.29 Å². The molecule has 0 aromatic heterocycles. The molecule has 0 fully saturated rings. The van der Waals surface area contributed by atoms with Gasteiger partial charge in [0.2, 0.25) is 0 Å². The summed E-state index contributed by atoms with van der Waals surface area (Å²) in [6, 6.07) is 14.3. The minimum Gasteiger partial charge on any atom is -0.298 e. The van der Waals surface area contributed by atoms with Crippen LogP contribution in [0.15, 0.2) is 42.5 Å². The van der Waals surface area contributed by atoms with E-state index in [-0.39, 0.29) is 0 Å². The van der Waals surface area contributed by atoms with Crippen LogP contribution in [0.2, 0.25) is 0 Å². The first-order valence-corrected chi connectivity index (χ1v) is 6.55. The molecule has 1 nitrogen and oxygen atoms in total. The standard InChI is InChI=1S/C17H16O/c18-12-14-7-2-4-10-16(14)17-11-5-8-13-6-1-3-9-15(13)17/h2,4-5,7-8,10-12H,1,3,6,9H2. The second-order valence-corrected chi connectivity index (χ2v) is 4.86. The van der Waals surface area contributed by atoms with Crippen LogP contribution in [0.3, 0.4) is 0 Å². The van der Waals surface area contributed by atoms with Crippen molar-refractivity contribution in [2.75, 3.05) is 0 Å². The first kappa shape index (κ1) is 11.2. The van der Waals surface area contributed by atoms with Crippen molar-refractivity contribution in [1.82, 2.24) is 0 Å². The molecule has 0 heterocycles. The normalized spacial score (nSPS) is 14.0. The Morgan fingerprint density at radius 1 is 0.833 bits per heavy atom. The predicted octanol–water partition coefficient (Wildman–Crippen LogP) is 4.04. The average molecular weight is 236 g/mol. The Balaban J connectivity index is 2.20. The van der Waals surface area contributed by atoms with Crippen molar-refractivity contribution < 1.29 is 4.79 Å². The van der Waals surface area contributed by atoms with E-state index in [1.54, 1.807) is 0 Å². The molecule has 0 unspecified atom stereocenters. The van der Waals surface area contributed by atoms with E-state index in [4.69, 9.17) is 0 Å². The summed E-state index contributed by atoms with van der Waals surface area (Å²) in [6.07, 6.45) is 5.81. The number of fused-ring (bicyclic) bond motifs is 1. The largest absolute Gasteiger partial charge is 0.298 e. The summed E-state index contributed by atoms with van der Waals surface area (Å²) in [4.78, 5) is 11.2. The van der Waals surface area contributed by atoms with Crippen molar-refractivity contribution in [1.29, 1.82) is 0 Å². The fourth-order valence-electron chi connectivity index (χ4n) is 2.88. The zero-order chi connectivity index (χ0) is 12.4. The highest BCUT2D eigenvalue weighted by atomic mass is 16.1. The third-order valence-electron chi connectivity index (χ3n) is 3.77. The van der Waals surface area contributed by atoms with E-state index in [9.17, 15) is 4.79 Å². The van der Waals surface area contributed by atoms with E-state index in [0.717, 1.165) is 23.8 Å². The second kappa shape index (κ2) is 4.77. The Morgan fingerprint density at radius 2 is 1.61 bits per heavy atom. The lowest BCUT2D eigenvalue weighted by Crippen LogP contribution is -2.04. The number of hydrogen-bond donors (Lipinski definition) is 0. The van der Waals surface area contributed by atoms with Crippen molar-refractivity contribution in [3.05, 3.63) is 59.2 Å². The summed E-state index contributed by atoms with van der Waals surface area (Å²) in [7, 11) is 0.